The van der Waals surface area contributed by atoms with Crippen molar-refractivity contribution in [2.45, 2.75) is 33.6 Å². The SMILES string of the molecule is CC(C)(C)C(=O)N1CCC(C2COC2)CC1. The molecule has 2 fully saturated rings. The van der Waals surface area contributed by atoms with Gasteiger partial charge < -0.3 is 9.64 Å². The Hall–Kier alpha value is -0.570. The van der Waals surface area contributed by atoms with Crippen LogP contribution in [-0.2, 0) is 9.53 Å². The maximum Gasteiger partial charge on any atom is 0.227 e. The van der Waals surface area contributed by atoms with E-state index in [1.165, 1.54) is 0 Å². The highest BCUT2D eigenvalue weighted by Gasteiger charge is 2.34. The number of piperidine rings is 1. The van der Waals surface area contributed by atoms with Gasteiger partial charge in [-0.25, -0.2) is 0 Å². The van der Waals surface area contributed by atoms with Gasteiger partial charge in [-0.2, -0.15) is 0 Å². The number of amides is 1. The molecular formula is C13H23NO2. The van der Waals surface area contributed by atoms with Crippen LogP contribution in [0, 0.1) is 17.3 Å². The van der Waals surface area contributed by atoms with Crippen LogP contribution in [0.1, 0.15) is 33.6 Å². The van der Waals surface area contributed by atoms with Crippen molar-refractivity contribution < 1.29 is 9.53 Å². The van der Waals surface area contributed by atoms with Crippen molar-refractivity contribution in [3.8, 4) is 0 Å². The smallest absolute Gasteiger partial charge is 0.227 e. The summed E-state index contributed by atoms with van der Waals surface area (Å²) >= 11 is 0. The summed E-state index contributed by atoms with van der Waals surface area (Å²) in [6, 6.07) is 0. The minimum absolute atomic E-state index is 0.230. The van der Waals surface area contributed by atoms with Gasteiger partial charge in [0.15, 0.2) is 0 Å². The second-order valence-electron chi connectivity index (χ2n) is 6.18. The Balaban J connectivity index is 1.82. The lowest BCUT2D eigenvalue weighted by molar-refractivity contribution is -0.142. The Morgan fingerprint density at radius 2 is 1.69 bits per heavy atom. The molecule has 0 radical (unpaired) electrons. The molecule has 2 rings (SSSR count). The highest BCUT2D eigenvalue weighted by atomic mass is 16.5. The second-order valence-corrected chi connectivity index (χ2v) is 6.18. The number of hydrogen-bond donors (Lipinski definition) is 0. The molecule has 2 aliphatic heterocycles. The molecule has 92 valence electrons. The molecule has 2 aliphatic rings. The Bertz CT molecular complexity index is 258. The average molecular weight is 225 g/mol. The highest BCUT2D eigenvalue weighted by Crippen LogP contribution is 2.31. The monoisotopic (exact) mass is 225 g/mol. The molecule has 3 nitrogen and oxygen atoms in total. The van der Waals surface area contributed by atoms with Gasteiger partial charge in [0.25, 0.3) is 0 Å². The normalized spacial score (nSPS) is 24.3. The number of ether oxygens (including phenoxy) is 1. The van der Waals surface area contributed by atoms with E-state index in [9.17, 15) is 4.79 Å². The zero-order chi connectivity index (χ0) is 11.8. The molecule has 0 N–H and O–H groups in total. The molecule has 0 saturated carbocycles. The standard InChI is InChI=1S/C13H23NO2/c1-13(2,3)12(15)14-6-4-10(5-7-14)11-8-16-9-11/h10-11H,4-9H2,1-3H3. The fourth-order valence-electron chi connectivity index (χ4n) is 2.57. The zero-order valence-corrected chi connectivity index (χ0v) is 10.7. The van der Waals surface area contributed by atoms with E-state index in [0.717, 1.165) is 51.0 Å². The first-order chi connectivity index (χ1) is 7.48. The van der Waals surface area contributed by atoms with Crippen LogP contribution >= 0.6 is 0 Å². The van der Waals surface area contributed by atoms with Crippen molar-refractivity contribution in [2.24, 2.45) is 17.3 Å². The maximum atomic E-state index is 12.1. The maximum absolute atomic E-state index is 12.1. The first-order valence-electron chi connectivity index (χ1n) is 6.35. The van der Waals surface area contributed by atoms with E-state index >= 15 is 0 Å². The largest absolute Gasteiger partial charge is 0.381 e. The van der Waals surface area contributed by atoms with Crippen LogP contribution in [0.15, 0.2) is 0 Å². The van der Waals surface area contributed by atoms with Crippen LogP contribution in [0.4, 0.5) is 0 Å². The predicted molar refractivity (Wildman–Crippen MR) is 63.1 cm³/mol. The minimum atomic E-state index is -0.230. The van der Waals surface area contributed by atoms with Gasteiger partial charge in [0.05, 0.1) is 13.2 Å². The molecule has 0 unspecified atom stereocenters. The summed E-state index contributed by atoms with van der Waals surface area (Å²) in [5, 5.41) is 0. The van der Waals surface area contributed by atoms with Gasteiger partial charge in [-0.3, -0.25) is 4.79 Å². The van der Waals surface area contributed by atoms with E-state index in [0.29, 0.717) is 5.91 Å². The third kappa shape index (κ3) is 2.40. The van der Waals surface area contributed by atoms with E-state index in [-0.39, 0.29) is 5.41 Å². The number of nitrogens with zero attached hydrogens (tertiary/aromatic N) is 1. The average Bonchev–Trinajstić information content (AvgIpc) is 2.14. The van der Waals surface area contributed by atoms with Crippen molar-refractivity contribution >= 4 is 5.91 Å². The molecule has 16 heavy (non-hydrogen) atoms. The molecule has 1 amide bonds. The Labute approximate surface area is 98.1 Å². The molecule has 0 spiro atoms. The van der Waals surface area contributed by atoms with Crippen LogP contribution < -0.4 is 0 Å². The lowest BCUT2D eigenvalue weighted by Crippen LogP contribution is -2.47. The predicted octanol–water partition coefficient (Wildman–Crippen LogP) is 1.92. The lowest BCUT2D eigenvalue weighted by Gasteiger charge is -2.41. The van der Waals surface area contributed by atoms with E-state index in [1.54, 1.807) is 0 Å². The fraction of sp³-hybridized carbons (Fsp3) is 0.923. The molecule has 2 saturated heterocycles. The second kappa shape index (κ2) is 4.36. The summed E-state index contributed by atoms with van der Waals surface area (Å²) in [6.45, 7) is 9.77. The lowest BCUT2D eigenvalue weighted by atomic mass is 9.82. The Morgan fingerprint density at radius 1 is 1.12 bits per heavy atom. The Kier molecular flexibility index (Phi) is 3.24. The number of carbonyl (C=O) groups excluding carboxylic acids is 1. The summed E-state index contributed by atoms with van der Waals surface area (Å²) in [7, 11) is 0. The van der Waals surface area contributed by atoms with E-state index in [1.807, 2.05) is 25.7 Å². The van der Waals surface area contributed by atoms with Gasteiger partial charge in [-0.1, -0.05) is 20.8 Å². The molecule has 3 heteroatoms. The van der Waals surface area contributed by atoms with Crippen LogP contribution in [0.3, 0.4) is 0 Å². The molecule has 0 atom stereocenters. The molecule has 0 aromatic heterocycles. The summed E-state index contributed by atoms with van der Waals surface area (Å²) in [5.74, 6) is 1.86. The fourth-order valence-corrected chi connectivity index (χ4v) is 2.57. The van der Waals surface area contributed by atoms with Crippen LogP contribution in [-0.4, -0.2) is 37.1 Å². The van der Waals surface area contributed by atoms with Crippen LogP contribution in [0.5, 0.6) is 0 Å². The highest BCUT2D eigenvalue weighted by molar-refractivity contribution is 5.81. The quantitative estimate of drug-likeness (QED) is 0.682. The first kappa shape index (κ1) is 11.9. The van der Waals surface area contributed by atoms with Crippen molar-refractivity contribution in [1.29, 1.82) is 0 Å². The number of hydrogen-bond acceptors (Lipinski definition) is 2. The van der Waals surface area contributed by atoms with Gasteiger partial charge >= 0.3 is 0 Å². The topological polar surface area (TPSA) is 29.5 Å². The summed E-state index contributed by atoms with van der Waals surface area (Å²) in [5.41, 5.74) is -0.230. The number of rotatable bonds is 1. The molecule has 0 bridgehead atoms. The van der Waals surface area contributed by atoms with Crippen molar-refractivity contribution in [1.82, 2.24) is 4.90 Å². The number of likely N-dealkylation sites (tertiary alicyclic amines) is 1. The molecule has 2 heterocycles. The molecule has 0 aromatic carbocycles. The molecular weight excluding hydrogens is 202 g/mol. The molecule has 0 aliphatic carbocycles. The van der Waals surface area contributed by atoms with E-state index in [2.05, 4.69) is 0 Å². The van der Waals surface area contributed by atoms with E-state index < -0.39 is 0 Å². The number of carbonyl (C=O) groups is 1. The van der Waals surface area contributed by atoms with Crippen LogP contribution in [0.25, 0.3) is 0 Å². The van der Waals surface area contributed by atoms with Gasteiger partial charge in [0.1, 0.15) is 0 Å². The van der Waals surface area contributed by atoms with Gasteiger partial charge in [-0.05, 0) is 18.8 Å². The minimum Gasteiger partial charge on any atom is -0.381 e. The van der Waals surface area contributed by atoms with Crippen molar-refractivity contribution in [2.75, 3.05) is 26.3 Å². The van der Waals surface area contributed by atoms with E-state index in [4.69, 9.17) is 4.74 Å². The Morgan fingerprint density at radius 3 is 2.06 bits per heavy atom. The van der Waals surface area contributed by atoms with Gasteiger partial charge in [0, 0.05) is 24.4 Å². The zero-order valence-electron chi connectivity index (χ0n) is 10.7. The third-order valence-corrected chi connectivity index (χ3v) is 3.80. The third-order valence-electron chi connectivity index (χ3n) is 3.80. The van der Waals surface area contributed by atoms with Gasteiger partial charge in [-0.15, -0.1) is 0 Å². The van der Waals surface area contributed by atoms with Crippen molar-refractivity contribution in [3.05, 3.63) is 0 Å². The first-order valence-corrected chi connectivity index (χ1v) is 6.35. The van der Waals surface area contributed by atoms with Crippen LogP contribution in [0.2, 0.25) is 0 Å². The summed E-state index contributed by atoms with van der Waals surface area (Å²) in [6.07, 6.45) is 2.33. The summed E-state index contributed by atoms with van der Waals surface area (Å²) in [4.78, 5) is 14.1. The van der Waals surface area contributed by atoms with Gasteiger partial charge in [0.2, 0.25) is 5.91 Å². The summed E-state index contributed by atoms with van der Waals surface area (Å²) < 4.78 is 5.24. The molecule has 0 aromatic rings. The van der Waals surface area contributed by atoms with Crippen molar-refractivity contribution in [3.63, 3.8) is 0 Å².